The molecular formula is C36H35F2N5O5. The quantitative estimate of drug-likeness (QED) is 0.158. The Kier molecular flexibility index (Phi) is 9.91. The molecule has 2 aromatic heterocycles. The number of amides is 1. The molecule has 0 saturated carbocycles. The summed E-state index contributed by atoms with van der Waals surface area (Å²) in [5.41, 5.74) is -0.115. The molecule has 48 heavy (non-hydrogen) atoms. The fourth-order valence-corrected chi connectivity index (χ4v) is 5.59. The Morgan fingerprint density at radius 3 is 2.48 bits per heavy atom. The van der Waals surface area contributed by atoms with Gasteiger partial charge in [0.2, 0.25) is 0 Å². The van der Waals surface area contributed by atoms with Crippen molar-refractivity contribution in [2.45, 2.75) is 26.2 Å². The number of carbonyl (C=O) groups is 1. The third-order valence-electron chi connectivity index (χ3n) is 8.31. The lowest BCUT2D eigenvalue weighted by Gasteiger charge is -2.30. The van der Waals surface area contributed by atoms with Crippen molar-refractivity contribution >= 4 is 22.5 Å². The summed E-state index contributed by atoms with van der Waals surface area (Å²) < 4.78 is 47.4. The van der Waals surface area contributed by atoms with Gasteiger partial charge in [-0.05, 0) is 86.8 Å². The average Bonchev–Trinajstić information content (AvgIpc) is 3.09. The molecule has 0 unspecified atom stereocenters. The number of carbonyl (C=O) groups excluding carboxylic acids is 1. The smallest absolute Gasteiger partial charge is 0.286 e. The Hall–Kier alpha value is -5.36. The minimum absolute atomic E-state index is 0.0844. The lowest BCUT2D eigenvalue weighted by molar-refractivity contribution is 0.102. The number of piperidine rings is 1. The Labute approximate surface area is 275 Å². The van der Waals surface area contributed by atoms with Crippen LogP contribution >= 0.6 is 0 Å². The van der Waals surface area contributed by atoms with Gasteiger partial charge in [0.05, 0.1) is 19.2 Å². The molecule has 1 N–H and O–H groups in total. The first-order valence-electron chi connectivity index (χ1n) is 15.7. The minimum Gasteiger partial charge on any atom is -0.493 e. The highest BCUT2D eigenvalue weighted by molar-refractivity contribution is 6.02. The number of rotatable bonds is 11. The van der Waals surface area contributed by atoms with E-state index in [1.54, 1.807) is 31.5 Å². The first-order chi connectivity index (χ1) is 23.3. The Bertz CT molecular complexity index is 1980. The van der Waals surface area contributed by atoms with E-state index >= 15 is 4.39 Å². The maximum atomic E-state index is 15.3. The van der Waals surface area contributed by atoms with E-state index in [1.165, 1.54) is 66.2 Å². The van der Waals surface area contributed by atoms with Crippen molar-refractivity contribution in [3.63, 3.8) is 0 Å². The molecule has 1 amide bonds. The number of hydrogen-bond acceptors (Lipinski definition) is 8. The Balaban J connectivity index is 1.13. The van der Waals surface area contributed by atoms with Crippen molar-refractivity contribution in [3.05, 3.63) is 107 Å². The number of fused-ring (bicyclic) bond motifs is 1. The second kappa shape index (κ2) is 14.6. The van der Waals surface area contributed by atoms with Crippen LogP contribution in [-0.4, -0.2) is 58.7 Å². The zero-order valence-electron chi connectivity index (χ0n) is 26.6. The molecule has 1 fully saturated rings. The topological polar surface area (TPSA) is 108 Å². The van der Waals surface area contributed by atoms with Crippen LogP contribution in [0.2, 0.25) is 0 Å². The fraction of sp³-hybridized carbons (Fsp3) is 0.278. The Morgan fingerprint density at radius 2 is 1.73 bits per heavy atom. The maximum Gasteiger partial charge on any atom is 0.286 e. The van der Waals surface area contributed by atoms with Crippen LogP contribution in [0.3, 0.4) is 0 Å². The third kappa shape index (κ3) is 7.44. The molecule has 6 rings (SSSR count). The van der Waals surface area contributed by atoms with E-state index < -0.39 is 28.8 Å². The summed E-state index contributed by atoms with van der Waals surface area (Å²) in [7, 11) is 1.55. The highest BCUT2D eigenvalue weighted by atomic mass is 19.1. The van der Waals surface area contributed by atoms with E-state index in [2.05, 4.69) is 27.1 Å². The van der Waals surface area contributed by atoms with Gasteiger partial charge in [0, 0.05) is 54.0 Å². The molecule has 248 valence electrons. The number of nitrogens with one attached hydrogen (secondary N) is 1. The molecule has 5 aromatic rings. The molecule has 0 atom stereocenters. The summed E-state index contributed by atoms with van der Waals surface area (Å²) in [5.74, 6) is 0.0463. The van der Waals surface area contributed by atoms with E-state index in [1.807, 2.05) is 0 Å². The van der Waals surface area contributed by atoms with Gasteiger partial charge in [-0.3, -0.25) is 19.1 Å². The third-order valence-corrected chi connectivity index (χ3v) is 8.31. The predicted octanol–water partition coefficient (Wildman–Crippen LogP) is 6.61. The molecule has 3 aromatic carbocycles. The molecule has 1 aliphatic heterocycles. The van der Waals surface area contributed by atoms with Crippen LogP contribution in [0, 0.1) is 17.6 Å². The first-order valence-corrected chi connectivity index (χ1v) is 15.7. The average molecular weight is 656 g/mol. The van der Waals surface area contributed by atoms with Gasteiger partial charge in [-0.15, -0.1) is 0 Å². The van der Waals surface area contributed by atoms with Crippen LogP contribution in [0.1, 0.15) is 36.7 Å². The van der Waals surface area contributed by atoms with Crippen molar-refractivity contribution in [2.24, 2.45) is 5.92 Å². The molecule has 3 heterocycles. The lowest BCUT2D eigenvalue weighted by atomic mass is 9.99. The molecular weight excluding hydrogens is 620 g/mol. The van der Waals surface area contributed by atoms with Crippen LogP contribution in [-0.2, 0) is 0 Å². The summed E-state index contributed by atoms with van der Waals surface area (Å²) in [6, 6.07) is 14.2. The van der Waals surface area contributed by atoms with Gasteiger partial charge in [-0.25, -0.2) is 13.8 Å². The van der Waals surface area contributed by atoms with E-state index in [-0.39, 0.29) is 11.4 Å². The van der Waals surface area contributed by atoms with Crippen molar-refractivity contribution < 1.29 is 27.8 Å². The zero-order chi connectivity index (χ0) is 33.6. The monoisotopic (exact) mass is 655 g/mol. The van der Waals surface area contributed by atoms with Crippen LogP contribution in [0.15, 0.2) is 84.0 Å². The highest BCUT2D eigenvalue weighted by Gasteiger charge is 2.19. The molecule has 0 spiro atoms. The molecule has 10 nitrogen and oxygen atoms in total. The molecule has 1 aliphatic rings. The number of ether oxygens (including phenoxy) is 3. The summed E-state index contributed by atoms with van der Waals surface area (Å²) in [6.07, 6.45) is 7.55. The van der Waals surface area contributed by atoms with Crippen LogP contribution < -0.4 is 25.1 Å². The SMILES string of the molecule is COc1cc2c(Oc3ccc(NC(=O)c4nccn(-c5ccc(F)cc5)c4=O)cc3F)ccnc2cc1OCCCN1CCC(C)CC1. The van der Waals surface area contributed by atoms with E-state index in [0.717, 1.165) is 38.0 Å². The second-order valence-electron chi connectivity index (χ2n) is 11.7. The van der Waals surface area contributed by atoms with Gasteiger partial charge in [-0.1, -0.05) is 6.92 Å². The van der Waals surface area contributed by atoms with Crippen molar-refractivity contribution in [1.82, 2.24) is 19.4 Å². The number of methoxy groups -OCH3 is 1. The van der Waals surface area contributed by atoms with Crippen molar-refractivity contribution in [2.75, 3.05) is 38.7 Å². The number of pyridine rings is 1. The predicted molar refractivity (Wildman–Crippen MR) is 177 cm³/mol. The van der Waals surface area contributed by atoms with Crippen molar-refractivity contribution in [3.8, 4) is 28.7 Å². The maximum absolute atomic E-state index is 15.3. The standard InChI is InChI=1S/C36H35F2N5O5/c1-23-11-16-42(17-12-23)15-3-19-47-33-22-29-27(21-32(33)46-2)30(10-13-39-29)48-31-9-6-25(20-28(31)38)41-35(44)34-36(45)43(18-14-40-34)26-7-4-24(37)5-8-26/h4-10,13-14,18,20-23H,3,11-12,15-17,19H2,1-2H3,(H,41,44). The second-order valence-corrected chi connectivity index (χ2v) is 11.7. The van der Waals surface area contributed by atoms with E-state index in [4.69, 9.17) is 14.2 Å². The van der Waals surface area contributed by atoms with Gasteiger partial charge < -0.3 is 24.4 Å². The molecule has 0 bridgehead atoms. The van der Waals surface area contributed by atoms with Gasteiger partial charge in [0.15, 0.2) is 28.8 Å². The number of anilines is 1. The zero-order valence-corrected chi connectivity index (χ0v) is 26.6. The summed E-state index contributed by atoms with van der Waals surface area (Å²) in [5, 5.41) is 3.09. The van der Waals surface area contributed by atoms with E-state index in [9.17, 15) is 14.0 Å². The molecule has 12 heteroatoms. The number of benzene rings is 3. The Morgan fingerprint density at radius 1 is 0.938 bits per heavy atom. The van der Waals surface area contributed by atoms with Crippen LogP contribution in [0.5, 0.6) is 23.0 Å². The van der Waals surface area contributed by atoms with Crippen LogP contribution in [0.4, 0.5) is 14.5 Å². The number of halogens is 2. The van der Waals surface area contributed by atoms with Gasteiger partial charge in [0.25, 0.3) is 11.5 Å². The first kappa shape index (κ1) is 32.6. The largest absolute Gasteiger partial charge is 0.493 e. The summed E-state index contributed by atoms with van der Waals surface area (Å²) in [4.78, 5) is 36.7. The van der Waals surface area contributed by atoms with Gasteiger partial charge in [-0.2, -0.15) is 0 Å². The van der Waals surface area contributed by atoms with E-state index in [0.29, 0.717) is 40.4 Å². The molecule has 0 aliphatic carbocycles. The number of likely N-dealkylation sites (tertiary alicyclic amines) is 1. The highest BCUT2D eigenvalue weighted by Crippen LogP contribution is 2.38. The van der Waals surface area contributed by atoms with Crippen LogP contribution in [0.25, 0.3) is 16.6 Å². The normalized spacial score (nSPS) is 13.8. The minimum atomic E-state index is -0.837. The number of nitrogens with zero attached hydrogens (tertiary/aromatic N) is 4. The number of aromatic nitrogens is 3. The van der Waals surface area contributed by atoms with Crippen molar-refractivity contribution in [1.29, 1.82) is 0 Å². The molecule has 0 radical (unpaired) electrons. The lowest BCUT2D eigenvalue weighted by Crippen LogP contribution is -2.34. The van der Waals surface area contributed by atoms with Gasteiger partial charge >= 0.3 is 0 Å². The summed E-state index contributed by atoms with van der Waals surface area (Å²) in [6.45, 7) is 6.06. The van der Waals surface area contributed by atoms with Gasteiger partial charge in [0.1, 0.15) is 11.6 Å². The molecule has 1 saturated heterocycles. The summed E-state index contributed by atoms with van der Waals surface area (Å²) >= 11 is 0. The fourth-order valence-electron chi connectivity index (χ4n) is 5.59. The number of hydrogen-bond donors (Lipinski definition) is 1.